The molecular formula is C21H20ClNO4. The summed E-state index contributed by atoms with van der Waals surface area (Å²) in [6.07, 6.45) is -0.933. The largest absolute Gasteiger partial charge is 0.449 e. The highest BCUT2D eigenvalue weighted by atomic mass is 35.5. The van der Waals surface area contributed by atoms with Gasteiger partial charge in [0.15, 0.2) is 6.10 Å². The predicted octanol–water partition coefficient (Wildman–Crippen LogP) is 4.55. The second kappa shape index (κ2) is 8.27. The molecular weight excluding hydrogens is 366 g/mol. The average molecular weight is 386 g/mol. The van der Waals surface area contributed by atoms with Gasteiger partial charge in [0.25, 0.3) is 5.91 Å². The summed E-state index contributed by atoms with van der Waals surface area (Å²) < 4.78 is 10.7. The summed E-state index contributed by atoms with van der Waals surface area (Å²) in [7, 11) is 0. The molecule has 0 aliphatic rings. The number of nitrogens with one attached hydrogen (secondary N) is 1. The van der Waals surface area contributed by atoms with Crippen molar-refractivity contribution in [2.24, 2.45) is 0 Å². The molecule has 0 saturated carbocycles. The van der Waals surface area contributed by atoms with E-state index in [-0.39, 0.29) is 17.6 Å². The van der Waals surface area contributed by atoms with Crippen LogP contribution in [-0.2, 0) is 9.53 Å². The molecule has 1 heterocycles. The van der Waals surface area contributed by atoms with Crippen molar-refractivity contribution >= 4 is 34.4 Å². The van der Waals surface area contributed by atoms with Crippen LogP contribution in [0.5, 0.6) is 0 Å². The minimum absolute atomic E-state index is 0.0320. The number of carbonyl (C=O) groups is 2. The van der Waals surface area contributed by atoms with Crippen molar-refractivity contribution in [3.05, 3.63) is 70.9 Å². The van der Waals surface area contributed by atoms with Gasteiger partial charge in [0.05, 0.1) is 0 Å². The van der Waals surface area contributed by atoms with Crippen molar-refractivity contribution in [3.8, 4) is 0 Å². The van der Waals surface area contributed by atoms with Gasteiger partial charge in [0, 0.05) is 17.0 Å². The number of fused-ring (bicyclic) bond motifs is 1. The Morgan fingerprint density at radius 2 is 1.85 bits per heavy atom. The molecule has 3 rings (SSSR count). The highest BCUT2D eigenvalue weighted by molar-refractivity contribution is 6.31. The van der Waals surface area contributed by atoms with Crippen molar-refractivity contribution in [3.63, 3.8) is 0 Å². The topological polar surface area (TPSA) is 68.5 Å². The molecule has 0 unspecified atom stereocenters. The molecule has 140 valence electrons. The van der Waals surface area contributed by atoms with Gasteiger partial charge in [-0.05, 0) is 42.7 Å². The number of ether oxygens (including phenoxy) is 1. The standard InChI is InChI=1S/C21H20ClNO4/c1-13(15-6-4-3-5-7-15)12-23-20(24)14(2)26-21(25)19-11-16-10-17(22)8-9-18(16)27-19/h3-11,13-14H,12H2,1-2H3,(H,23,24)/t13-,14-/m1/s1. The van der Waals surface area contributed by atoms with Crippen LogP contribution in [0.2, 0.25) is 5.02 Å². The maximum atomic E-state index is 12.2. The summed E-state index contributed by atoms with van der Waals surface area (Å²) in [4.78, 5) is 24.5. The van der Waals surface area contributed by atoms with Gasteiger partial charge >= 0.3 is 5.97 Å². The minimum atomic E-state index is -0.933. The molecule has 6 heteroatoms. The number of hydrogen-bond acceptors (Lipinski definition) is 4. The van der Waals surface area contributed by atoms with Crippen molar-refractivity contribution in [2.75, 3.05) is 6.54 Å². The van der Waals surface area contributed by atoms with Crippen molar-refractivity contribution in [2.45, 2.75) is 25.9 Å². The van der Waals surface area contributed by atoms with Crippen LogP contribution in [0, 0.1) is 0 Å². The number of esters is 1. The van der Waals surface area contributed by atoms with Crippen LogP contribution in [-0.4, -0.2) is 24.5 Å². The lowest BCUT2D eigenvalue weighted by Crippen LogP contribution is -2.37. The molecule has 0 bridgehead atoms. The Kier molecular flexibility index (Phi) is 5.81. The summed E-state index contributed by atoms with van der Waals surface area (Å²) in [6.45, 7) is 4.00. The molecule has 0 aliphatic carbocycles. The van der Waals surface area contributed by atoms with Gasteiger partial charge in [-0.2, -0.15) is 0 Å². The van der Waals surface area contributed by atoms with E-state index in [0.29, 0.717) is 22.5 Å². The minimum Gasteiger partial charge on any atom is -0.449 e. The summed E-state index contributed by atoms with van der Waals surface area (Å²) in [5, 5.41) is 4.05. The summed E-state index contributed by atoms with van der Waals surface area (Å²) in [6, 6.07) is 16.5. The van der Waals surface area contributed by atoms with E-state index in [4.69, 9.17) is 20.8 Å². The predicted molar refractivity (Wildman–Crippen MR) is 104 cm³/mol. The first-order valence-corrected chi connectivity index (χ1v) is 9.04. The highest BCUT2D eigenvalue weighted by Crippen LogP contribution is 2.23. The number of rotatable bonds is 6. The first-order chi connectivity index (χ1) is 12.9. The number of benzene rings is 2. The van der Waals surface area contributed by atoms with Crippen LogP contribution >= 0.6 is 11.6 Å². The molecule has 5 nitrogen and oxygen atoms in total. The van der Waals surface area contributed by atoms with Crippen LogP contribution in [0.4, 0.5) is 0 Å². The Labute approximate surface area is 162 Å². The van der Waals surface area contributed by atoms with Gasteiger partial charge in [0.2, 0.25) is 5.76 Å². The Morgan fingerprint density at radius 1 is 1.11 bits per heavy atom. The Morgan fingerprint density at radius 3 is 2.59 bits per heavy atom. The average Bonchev–Trinajstić information content (AvgIpc) is 3.09. The first kappa shape index (κ1) is 19.0. The van der Waals surface area contributed by atoms with Gasteiger partial charge in [-0.25, -0.2) is 4.79 Å². The van der Waals surface area contributed by atoms with Crippen molar-refractivity contribution in [1.82, 2.24) is 5.32 Å². The lowest BCUT2D eigenvalue weighted by Gasteiger charge is -2.16. The molecule has 0 aliphatic heterocycles. The van der Waals surface area contributed by atoms with Crippen LogP contribution in [0.3, 0.4) is 0 Å². The van der Waals surface area contributed by atoms with Gasteiger partial charge in [-0.15, -0.1) is 0 Å². The lowest BCUT2D eigenvalue weighted by atomic mass is 10.0. The van der Waals surface area contributed by atoms with Crippen LogP contribution in [0.1, 0.15) is 35.9 Å². The monoisotopic (exact) mass is 385 g/mol. The SMILES string of the molecule is C[C@H](CNC(=O)[C@@H](C)OC(=O)c1cc2cc(Cl)ccc2o1)c1ccccc1. The second-order valence-electron chi connectivity index (χ2n) is 6.40. The molecule has 1 N–H and O–H groups in total. The molecule has 1 amide bonds. The number of furan rings is 1. The molecule has 1 aromatic heterocycles. The number of hydrogen-bond donors (Lipinski definition) is 1. The van der Waals surface area contributed by atoms with Gasteiger partial charge in [-0.3, -0.25) is 4.79 Å². The van der Waals surface area contributed by atoms with Crippen LogP contribution in [0.25, 0.3) is 11.0 Å². The van der Waals surface area contributed by atoms with E-state index in [2.05, 4.69) is 5.32 Å². The molecule has 3 aromatic rings. The maximum absolute atomic E-state index is 12.2. The maximum Gasteiger partial charge on any atom is 0.375 e. The highest BCUT2D eigenvalue weighted by Gasteiger charge is 2.22. The van der Waals surface area contributed by atoms with Gasteiger partial charge in [0.1, 0.15) is 5.58 Å². The van der Waals surface area contributed by atoms with E-state index in [1.807, 2.05) is 37.3 Å². The van der Waals surface area contributed by atoms with E-state index >= 15 is 0 Å². The third-order valence-electron chi connectivity index (χ3n) is 4.28. The molecule has 0 saturated heterocycles. The van der Waals surface area contributed by atoms with Crippen LogP contribution in [0.15, 0.2) is 59.0 Å². The summed E-state index contributed by atoms with van der Waals surface area (Å²) >= 11 is 5.93. The fraction of sp³-hybridized carbons (Fsp3) is 0.238. The zero-order valence-corrected chi connectivity index (χ0v) is 15.8. The molecule has 0 fully saturated rings. The number of halogens is 1. The third kappa shape index (κ3) is 4.68. The van der Waals surface area contributed by atoms with E-state index in [0.717, 1.165) is 5.56 Å². The molecule has 2 aromatic carbocycles. The third-order valence-corrected chi connectivity index (χ3v) is 4.52. The van der Waals surface area contributed by atoms with Gasteiger partial charge < -0.3 is 14.5 Å². The fourth-order valence-electron chi connectivity index (χ4n) is 2.68. The molecule has 0 spiro atoms. The normalized spacial score (nSPS) is 13.1. The molecule has 27 heavy (non-hydrogen) atoms. The van der Waals surface area contributed by atoms with Crippen molar-refractivity contribution < 1.29 is 18.7 Å². The zero-order valence-electron chi connectivity index (χ0n) is 15.1. The van der Waals surface area contributed by atoms with Crippen molar-refractivity contribution in [1.29, 1.82) is 0 Å². The van der Waals surface area contributed by atoms with Crippen LogP contribution < -0.4 is 5.32 Å². The summed E-state index contributed by atoms with van der Waals surface area (Å²) in [5.74, 6) is -0.867. The lowest BCUT2D eigenvalue weighted by molar-refractivity contribution is -0.129. The van der Waals surface area contributed by atoms with Gasteiger partial charge in [-0.1, -0.05) is 48.9 Å². The van der Waals surface area contributed by atoms with E-state index in [1.165, 1.54) is 6.92 Å². The number of carbonyl (C=O) groups excluding carboxylic acids is 2. The Hall–Kier alpha value is -2.79. The van der Waals surface area contributed by atoms with E-state index in [1.54, 1.807) is 24.3 Å². The molecule has 2 atom stereocenters. The van der Waals surface area contributed by atoms with E-state index < -0.39 is 12.1 Å². The van der Waals surface area contributed by atoms with E-state index in [9.17, 15) is 9.59 Å². The Bertz CT molecular complexity index is 951. The Balaban J connectivity index is 1.56. The molecule has 0 radical (unpaired) electrons. The fourth-order valence-corrected chi connectivity index (χ4v) is 2.86. The zero-order chi connectivity index (χ0) is 19.4. The first-order valence-electron chi connectivity index (χ1n) is 8.67. The quantitative estimate of drug-likeness (QED) is 0.632. The second-order valence-corrected chi connectivity index (χ2v) is 6.83. The smallest absolute Gasteiger partial charge is 0.375 e. The number of amides is 1. The summed E-state index contributed by atoms with van der Waals surface area (Å²) in [5.41, 5.74) is 1.66.